The zero-order valence-corrected chi connectivity index (χ0v) is 7.99. The molecule has 0 N–H and O–H groups in total. The van der Waals surface area contributed by atoms with Crippen LogP contribution in [-0.4, -0.2) is 10.5 Å². The van der Waals surface area contributed by atoms with Crippen LogP contribution in [0.1, 0.15) is 0 Å². The number of hydrogen-bond donors (Lipinski definition) is 0. The van der Waals surface area contributed by atoms with Crippen LogP contribution in [0.15, 0.2) is 12.7 Å². The Hall–Kier alpha value is 1.15. The van der Waals surface area contributed by atoms with E-state index in [2.05, 4.69) is 6.58 Å². The summed E-state index contributed by atoms with van der Waals surface area (Å²) in [5.74, 6) is 0. The summed E-state index contributed by atoms with van der Waals surface area (Å²) in [4.78, 5) is 0. The molecule has 7 heavy (non-hydrogen) atoms. The van der Waals surface area contributed by atoms with E-state index < -0.39 is 10.5 Å². The van der Waals surface area contributed by atoms with Crippen molar-refractivity contribution < 1.29 is 0 Å². The molecule has 0 aliphatic heterocycles. The summed E-state index contributed by atoms with van der Waals surface area (Å²) in [5.41, 5.74) is 0. The molecule has 0 aliphatic rings. The summed E-state index contributed by atoms with van der Waals surface area (Å²) in [7, 11) is 13.7. The van der Waals surface area contributed by atoms with E-state index in [4.69, 9.17) is 30.0 Å². The molecular formula is C3H5Cl3Ge. The van der Waals surface area contributed by atoms with Crippen LogP contribution in [0.5, 0.6) is 0 Å². The SMILES string of the molecule is C=C[CH2][Ge]([Cl])([Cl])[Cl]. The summed E-state index contributed by atoms with van der Waals surface area (Å²) in [6.07, 6.45) is 1.65. The van der Waals surface area contributed by atoms with E-state index in [-0.39, 0.29) is 0 Å². The van der Waals surface area contributed by atoms with Crippen molar-refractivity contribution in [1.82, 2.24) is 0 Å². The van der Waals surface area contributed by atoms with Gasteiger partial charge in [-0.2, -0.15) is 0 Å². The predicted octanol–water partition coefficient (Wildman–Crippen LogP) is 2.83. The van der Waals surface area contributed by atoms with Crippen molar-refractivity contribution in [3.05, 3.63) is 12.7 Å². The maximum absolute atomic E-state index is 5.48. The minimum atomic E-state index is -2.78. The summed E-state index contributed by atoms with van der Waals surface area (Å²) in [6, 6.07) is 0. The quantitative estimate of drug-likeness (QED) is 0.495. The molecule has 0 radical (unpaired) electrons. The molecule has 0 nitrogen and oxygen atoms in total. The Labute approximate surface area is 58.4 Å². The Bertz CT molecular complexity index is 65.1. The van der Waals surface area contributed by atoms with Crippen molar-refractivity contribution in [2.75, 3.05) is 0 Å². The molecule has 0 aliphatic carbocycles. The maximum atomic E-state index is 5.48. The Morgan fingerprint density at radius 3 is 1.86 bits per heavy atom. The summed E-state index contributed by atoms with van der Waals surface area (Å²) < 4.78 is 0. The van der Waals surface area contributed by atoms with Crippen LogP contribution in [0.2, 0.25) is 5.25 Å². The fourth-order valence-corrected chi connectivity index (χ4v) is 2.55. The van der Waals surface area contributed by atoms with Gasteiger partial charge in [-0.1, -0.05) is 0 Å². The third kappa shape index (κ3) is 7.15. The van der Waals surface area contributed by atoms with Gasteiger partial charge >= 0.3 is 58.4 Å². The van der Waals surface area contributed by atoms with Gasteiger partial charge in [0.25, 0.3) is 0 Å². The fraction of sp³-hybridized carbons (Fsp3) is 0.333. The van der Waals surface area contributed by atoms with E-state index in [1.54, 1.807) is 6.08 Å². The molecule has 0 fully saturated rings. The topological polar surface area (TPSA) is 0 Å². The summed E-state index contributed by atoms with van der Waals surface area (Å²) in [5, 5.41) is 0.588. The number of allylic oxidation sites excluding steroid dienone is 1. The van der Waals surface area contributed by atoms with Crippen LogP contribution in [0.3, 0.4) is 0 Å². The Morgan fingerprint density at radius 2 is 1.86 bits per heavy atom. The third-order valence-electron chi connectivity index (χ3n) is 0.376. The molecule has 0 unspecified atom stereocenters. The molecule has 0 saturated carbocycles. The number of rotatable bonds is 2. The first-order chi connectivity index (χ1) is 3.06. The average molecular weight is 220 g/mol. The monoisotopic (exact) mass is 220 g/mol. The van der Waals surface area contributed by atoms with Crippen LogP contribution in [0.4, 0.5) is 0 Å². The van der Waals surface area contributed by atoms with Crippen molar-refractivity contribution in [1.29, 1.82) is 0 Å². The Morgan fingerprint density at radius 1 is 1.43 bits per heavy atom. The molecule has 0 rings (SSSR count). The molecule has 0 heterocycles. The molecule has 0 aromatic heterocycles. The van der Waals surface area contributed by atoms with Crippen molar-refractivity contribution in [3.63, 3.8) is 0 Å². The molecule has 0 saturated heterocycles. The average Bonchev–Trinajstić information content (AvgIpc) is 1.30. The van der Waals surface area contributed by atoms with E-state index >= 15 is 0 Å². The van der Waals surface area contributed by atoms with E-state index in [1.165, 1.54) is 0 Å². The summed E-state index contributed by atoms with van der Waals surface area (Å²) in [6.45, 7) is 3.44. The second-order valence-corrected chi connectivity index (χ2v) is 17.6. The van der Waals surface area contributed by atoms with Gasteiger partial charge in [-0.05, 0) is 0 Å². The van der Waals surface area contributed by atoms with Gasteiger partial charge in [-0.25, -0.2) is 0 Å². The zero-order chi connectivity index (χ0) is 5.91. The molecule has 0 bridgehead atoms. The zero-order valence-electron chi connectivity index (χ0n) is 3.63. The van der Waals surface area contributed by atoms with Crippen molar-refractivity contribution in [2.45, 2.75) is 5.25 Å². The molecular weight excluding hydrogens is 215 g/mol. The van der Waals surface area contributed by atoms with Gasteiger partial charge in [-0.15, -0.1) is 0 Å². The molecule has 0 spiro atoms. The van der Waals surface area contributed by atoms with Crippen LogP contribution >= 0.6 is 30.0 Å². The molecule has 42 valence electrons. The van der Waals surface area contributed by atoms with Gasteiger partial charge in [0.2, 0.25) is 0 Å². The van der Waals surface area contributed by atoms with Gasteiger partial charge in [-0.3, -0.25) is 0 Å². The number of hydrogen-bond acceptors (Lipinski definition) is 0. The standard InChI is InChI=1S/C3H5Cl3Ge/c1-2-3-7(4,5)6/h2H,1,3H2. The number of halogens is 3. The van der Waals surface area contributed by atoms with Crippen molar-refractivity contribution in [2.24, 2.45) is 0 Å². The van der Waals surface area contributed by atoms with Gasteiger partial charge in [0.05, 0.1) is 0 Å². The van der Waals surface area contributed by atoms with Crippen LogP contribution in [0, 0.1) is 0 Å². The third-order valence-corrected chi connectivity index (χ3v) is 4.36. The first kappa shape index (κ1) is 8.15. The fourth-order valence-electron chi connectivity index (χ4n) is 0.164. The Balaban J connectivity index is 3.34. The van der Waals surface area contributed by atoms with Crippen LogP contribution < -0.4 is 0 Å². The molecule has 0 aromatic rings. The van der Waals surface area contributed by atoms with Gasteiger partial charge in [0.15, 0.2) is 0 Å². The second-order valence-electron chi connectivity index (χ2n) is 1.11. The van der Waals surface area contributed by atoms with Gasteiger partial charge in [0.1, 0.15) is 0 Å². The second kappa shape index (κ2) is 3.23. The van der Waals surface area contributed by atoms with E-state index in [9.17, 15) is 0 Å². The first-order valence-electron chi connectivity index (χ1n) is 1.74. The van der Waals surface area contributed by atoms with Gasteiger partial charge < -0.3 is 0 Å². The van der Waals surface area contributed by atoms with E-state index in [0.29, 0.717) is 5.25 Å². The van der Waals surface area contributed by atoms with E-state index in [1.807, 2.05) is 0 Å². The van der Waals surface area contributed by atoms with Crippen LogP contribution in [-0.2, 0) is 0 Å². The summed E-state index contributed by atoms with van der Waals surface area (Å²) >= 11 is 0. The van der Waals surface area contributed by atoms with Gasteiger partial charge in [0, 0.05) is 0 Å². The molecule has 0 amide bonds. The van der Waals surface area contributed by atoms with E-state index in [0.717, 1.165) is 0 Å². The van der Waals surface area contributed by atoms with Crippen LogP contribution in [0.25, 0.3) is 0 Å². The first-order valence-corrected chi connectivity index (χ1v) is 11.5. The predicted molar refractivity (Wildman–Crippen MR) is 38.3 cm³/mol. The normalized spacial score (nSPS) is 11.3. The van der Waals surface area contributed by atoms with Crippen molar-refractivity contribution in [3.8, 4) is 0 Å². The Kier molecular flexibility index (Phi) is 3.76. The molecule has 0 atom stereocenters. The molecule has 0 aromatic carbocycles. The molecule has 4 heteroatoms. The van der Waals surface area contributed by atoms with Crippen molar-refractivity contribution >= 4 is 40.5 Å². The minimum absolute atomic E-state index is 0.588.